The second kappa shape index (κ2) is 20.6. The van der Waals surface area contributed by atoms with Gasteiger partial charge in [0.25, 0.3) is 11.8 Å². The standard InChI is InChI=1S/C57H56N8O6/c1-30-11-17-42(34(5)23-30)50-60-51(43-18-12-31(2)24-35(43)6)63-54(62-50)46-21-15-40(27-48(46)66)70-38(9)56(68)58-29-59-57(69)39(10)71-41-16-22-47(49(67)28-41)55-64-52(44-19-13-32(3)25-36(44)7)61-53(65-55)45-20-14-33(4)26-37(45)8/h11-28,38-39,66-67H,29H2,1-10H3,(H,58,68)(H,59,69). The number of ether oxygens (including phenoxy) is 2. The normalized spacial score (nSPS) is 12.0. The average molecular weight is 949 g/mol. The lowest BCUT2D eigenvalue weighted by molar-refractivity contribution is -0.129. The number of phenolic OH excluding ortho intramolecular Hbond substituents is 2. The van der Waals surface area contributed by atoms with E-state index in [-0.39, 0.29) is 41.3 Å². The maximum atomic E-state index is 13.1. The van der Waals surface area contributed by atoms with E-state index >= 15 is 0 Å². The molecule has 2 atom stereocenters. The summed E-state index contributed by atoms with van der Waals surface area (Å²) in [5.41, 5.74) is 12.6. The number of carbonyl (C=O) groups is 2. The SMILES string of the molecule is Cc1ccc(-c2nc(-c3ccc(C)cc3C)nc(-c3ccc(OC(C)C(=O)NCNC(=O)C(C)Oc4ccc(-c5nc(-c6ccc(C)cc6C)nc(-c6ccc(C)cc6C)n5)c(O)c4)cc3O)n2)c(C)c1. The van der Waals surface area contributed by atoms with Crippen molar-refractivity contribution in [2.24, 2.45) is 0 Å². The van der Waals surface area contributed by atoms with Crippen molar-refractivity contribution in [3.63, 3.8) is 0 Å². The third kappa shape index (κ3) is 11.2. The van der Waals surface area contributed by atoms with Crippen LogP contribution < -0.4 is 20.1 Å². The van der Waals surface area contributed by atoms with Gasteiger partial charge in [0.15, 0.2) is 47.2 Å². The summed E-state index contributed by atoms with van der Waals surface area (Å²) < 4.78 is 11.8. The highest BCUT2D eigenvalue weighted by atomic mass is 16.5. The van der Waals surface area contributed by atoms with Crippen LogP contribution in [0.4, 0.5) is 0 Å². The van der Waals surface area contributed by atoms with Crippen molar-refractivity contribution in [2.45, 2.75) is 81.4 Å². The Bertz CT molecular complexity index is 3000. The summed E-state index contributed by atoms with van der Waals surface area (Å²) in [5.74, 6) is 1.53. The number of hydrogen-bond donors (Lipinski definition) is 4. The smallest absolute Gasteiger partial charge is 0.262 e. The molecule has 2 unspecified atom stereocenters. The molecule has 0 saturated heterocycles. The van der Waals surface area contributed by atoms with Crippen LogP contribution in [0, 0.1) is 55.4 Å². The number of nitrogens with one attached hydrogen (secondary N) is 2. The summed E-state index contributed by atoms with van der Waals surface area (Å²) >= 11 is 0. The lowest BCUT2D eigenvalue weighted by atomic mass is 10.0. The maximum absolute atomic E-state index is 13.1. The van der Waals surface area contributed by atoms with E-state index in [0.29, 0.717) is 34.4 Å². The first kappa shape index (κ1) is 48.9. The molecule has 2 amide bonds. The van der Waals surface area contributed by atoms with Crippen molar-refractivity contribution in [2.75, 3.05) is 6.67 Å². The van der Waals surface area contributed by atoms with Crippen LogP contribution in [0.5, 0.6) is 23.0 Å². The Labute approximate surface area is 413 Å². The molecule has 0 spiro atoms. The van der Waals surface area contributed by atoms with Gasteiger partial charge in [-0.1, -0.05) is 95.1 Å². The van der Waals surface area contributed by atoms with Gasteiger partial charge < -0.3 is 30.3 Å². The Balaban J connectivity index is 0.902. The first-order valence-electron chi connectivity index (χ1n) is 23.3. The molecule has 0 aliphatic carbocycles. The fourth-order valence-electron chi connectivity index (χ4n) is 8.30. The number of rotatable bonds is 14. The fourth-order valence-corrected chi connectivity index (χ4v) is 8.30. The van der Waals surface area contributed by atoms with Gasteiger partial charge in [0.2, 0.25) is 0 Å². The molecule has 2 aromatic heterocycles. The van der Waals surface area contributed by atoms with Crippen LogP contribution in [-0.4, -0.2) is 70.8 Å². The molecule has 0 fully saturated rings. The summed E-state index contributed by atoms with van der Waals surface area (Å²) in [7, 11) is 0. The minimum Gasteiger partial charge on any atom is -0.507 e. The van der Waals surface area contributed by atoms with Crippen LogP contribution in [-0.2, 0) is 9.59 Å². The van der Waals surface area contributed by atoms with Gasteiger partial charge in [-0.3, -0.25) is 9.59 Å². The predicted molar refractivity (Wildman–Crippen MR) is 275 cm³/mol. The number of benzene rings is 6. The highest BCUT2D eigenvalue weighted by molar-refractivity contribution is 5.83. The second-order valence-electron chi connectivity index (χ2n) is 18.0. The molecule has 6 aromatic carbocycles. The van der Waals surface area contributed by atoms with Crippen molar-refractivity contribution in [3.8, 4) is 91.3 Å². The molecule has 8 rings (SSSR count). The number of carbonyl (C=O) groups excluding carboxylic acids is 2. The molecule has 360 valence electrons. The quantitative estimate of drug-likeness (QED) is 0.0755. The Hall–Kier alpha value is -8.52. The first-order chi connectivity index (χ1) is 33.9. The third-order valence-corrected chi connectivity index (χ3v) is 12.1. The van der Waals surface area contributed by atoms with Crippen LogP contribution in [0.2, 0.25) is 0 Å². The zero-order valence-corrected chi connectivity index (χ0v) is 41.5. The van der Waals surface area contributed by atoms with Crippen LogP contribution >= 0.6 is 0 Å². The molecule has 0 bridgehead atoms. The second-order valence-corrected chi connectivity index (χ2v) is 18.0. The van der Waals surface area contributed by atoms with Gasteiger partial charge in [0.1, 0.15) is 23.0 Å². The third-order valence-electron chi connectivity index (χ3n) is 12.1. The van der Waals surface area contributed by atoms with E-state index in [1.807, 2.05) is 104 Å². The van der Waals surface area contributed by atoms with Gasteiger partial charge in [-0.25, -0.2) is 29.9 Å². The topological polar surface area (TPSA) is 194 Å². The Kier molecular flexibility index (Phi) is 14.2. The van der Waals surface area contributed by atoms with Gasteiger partial charge in [0, 0.05) is 34.4 Å². The molecule has 0 aliphatic rings. The molecular formula is C57H56N8O6. The summed E-state index contributed by atoms with van der Waals surface area (Å²) in [6, 6.07) is 33.5. The van der Waals surface area contributed by atoms with Gasteiger partial charge in [-0.15, -0.1) is 0 Å². The molecule has 2 heterocycles. The van der Waals surface area contributed by atoms with Gasteiger partial charge in [-0.2, -0.15) is 0 Å². The van der Waals surface area contributed by atoms with Crippen LogP contribution in [0.15, 0.2) is 109 Å². The molecule has 0 aliphatic heterocycles. The van der Waals surface area contributed by atoms with E-state index in [2.05, 4.69) is 34.9 Å². The summed E-state index contributed by atoms with van der Waals surface area (Å²) in [6.45, 7) is 19.0. The van der Waals surface area contributed by atoms with Crippen molar-refractivity contribution >= 4 is 11.8 Å². The van der Waals surface area contributed by atoms with Gasteiger partial charge in [-0.05, 0) is 116 Å². The largest absolute Gasteiger partial charge is 0.507 e. The van der Waals surface area contributed by atoms with Crippen LogP contribution in [0.3, 0.4) is 0 Å². The molecule has 14 heteroatoms. The minimum atomic E-state index is -1.00. The molecule has 71 heavy (non-hydrogen) atoms. The van der Waals surface area contributed by atoms with Crippen LogP contribution in [0.25, 0.3) is 68.3 Å². The van der Waals surface area contributed by atoms with Crippen molar-refractivity contribution in [3.05, 3.63) is 154 Å². The molecular weight excluding hydrogens is 893 g/mol. The minimum absolute atomic E-state index is 0.154. The predicted octanol–water partition coefficient (Wildman–Crippen LogP) is 10.4. The number of aryl methyl sites for hydroxylation is 8. The van der Waals surface area contributed by atoms with E-state index in [1.54, 1.807) is 38.1 Å². The molecule has 0 saturated carbocycles. The maximum Gasteiger partial charge on any atom is 0.262 e. The number of aromatic nitrogens is 6. The first-order valence-corrected chi connectivity index (χ1v) is 23.3. The molecule has 8 aromatic rings. The molecule has 14 nitrogen and oxygen atoms in total. The zero-order chi connectivity index (χ0) is 50.7. The molecule has 4 N–H and O–H groups in total. The number of hydrogen-bond acceptors (Lipinski definition) is 12. The van der Waals surface area contributed by atoms with E-state index in [1.165, 1.54) is 12.1 Å². The number of aromatic hydroxyl groups is 2. The van der Waals surface area contributed by atoms with E-state index in [9.17, 15) is 19.8 Å². The van der Waals surface area contributed by atoms with Gasteiger partial charge in [0.05, 0.1) is 17.8 Å². The molecule has 0 radical (unpaired) electrons. The number of phenols is 2. The highest BCUT2D eigenvalue weighted by Gasteiger charge is 2.22. The fraction of sp³-hybridized carbons (Fsp3) is 0.228. The van der Waals surface area contributed by atoms with E-state index in [0.717, 1.165) is 66.8 Å². The number of nitrogens with zero attached hydrogens (tertiary/aromatic N) is 6. The number of amides is 2. The highest BCUT2D eigenvalue weighted by Crippen LogP contribution is 2.36. The van der Waals surface area contributed by atoms with Gasteiger partial charge >= 0.3 is 0 Å². The Morgan fingerprint density at radius 1 is 0.408 bits per heavy atom. The lowest BCUT2D eigenvalue weighted by Gasteiger charge is -2.18. The summed E-state index contributed by atoms with van der Waals surface area (Å²) in [6.07, 6.45) is -2.01. The van der Waals surface area contributed by atoms with Crippen molar-refractivity contribution in [1.82, 2.24) is 40.5 Å². The van der Waals surface area contributed by atoms with Crippen molar-refractivity contribution < 1.29 is 29.3 Å². The Morgan fingerprint density at radius 3 is 0.915 bits per heavy atom. The Morgan fingerprint density at radius 2 is 0.662 bits per heavy atom. The average Bonchev–Trinajstić information content (AvgIpc) is 3.31. The zero-order valence-electron chi connectivity index (χ0n) is 41.5. The summed E-state index contributed by atoms with van der Waals surface area (Å²) in [5, 5.41) is 27.9. The lowest BCUT2D eigenvalue weighted by Crippen LogP contribution is -2.46. The summed E-state index contributed by atoms with van der Waals surface area (Å²) in [4.78, 5) is 55.2. The monoisotopic (exact) mass is 948 g/mol. The van der Waals surface area contributed by atoms with E-state index < -0.39 is 24.0 Å². The van der Waals surface area contributed by atoms with Crippen LogP contribution in [0.1, 0.15) is 58.4 Å². The van der Waals surface area contributed by atoms with Crippen molar-refractivity contribution in [1.29, 1.82) is 0 Å². The van der Waals surface area contributed by atoms with E-state index in [4.69, 9.17) is 39.4 Å².